The van der Waals surface area contributed by atoms with Gasteiger partial charge in [-0.05, 0) is 43.2 Å². The average Bonchev–Trinajstić information content (AvgIpc) is 3.39. The Morgan fingerprint density at radius 3 is 2.44 bits per heavy atom. The molecule has 2 fully saturated rings. The molecule has 2 aliphatic rings. The molecule has 2 saturated heterocycles. The summed E-state index contributed by atoms with van der Waals surface area (Å²) in [6.45, 7) is 2.50. The van der Waals surface area contributed by atoms with Crippen molar-refractivity contribution in [1.29, 1.82) is 0 Å². The van der Waals surface area contributed by atoms with Crippen molar-refractivity contribution >= 4 is 33.0 Å². The third-order valence-electron chi connectivity index (χ3n) is 5.89. The van der Waals surface area contributed by atoms with Gasteiger partial charge in [0.1, 0.15) is 16.3 Å². The number of hydrogen-bond acceptors (Lipinski definition) is 8. The molecule has 0 atom stereocenters. The van der Waals surface area contributed by atoms with Gasteiger partial charge in [-0.1, -0.05) is 0 Å². The second-order valence-electron chi connectivity index (χ2n) is 7.99. The number of morpholine rings is 1. The highest BCUT2D eigenvalue weighted by Gasteiger charge is 2.30. The number of amides is 1. The smallest absolute Gasteiger partial charge is 0.293 e. The van der Waals surface area contributed by atoms with Crippen molar-refractivity contribution in [3.8, 4) is 5.75 Å². The molecule has 4 rings (SSSR count). The highest BCUT2D eigenvalue weighted by atomic mass is 32.2. The van der Waals surface area contributed by atoms with Gasteiger partial charge in [0, 0.05) is 43.5 Å². The number of hydrogen-bond donors (Lipinski definition) is 1. The Morgan fingerprint density at radius 2 is 1.79 bits per heavy atom. The summed E-state index contributed by atoms with van der Waals surface area (Å²) in [4.78, 5) is 25.9. The van der Waals surface area contributed by atoms with E-state index >= 15 is 0 Å². The van der Waals surface area contributed by atoms with E-state index < -0.39 is 20.9 Å². The third kappa shape index (κ3) is 4.83. The van der Waals surface area contributed by atoms with Gasteiger partial charge in [-0.15, -0.1) is 0 Å². The van der Waals surface area contributed by atoms with Gasteiger partial charge in [0.05, 0.1) is 25.2 Å². The molecule has 1 amide bonds. The number of nitrogens with zero attached hydrogens (tertiary/aromatic N) is 3. The molecule has 2 heterocycles. The van der Waals surface area contributed by atoms with Gasteiger partial charge in [-0.3, -0.25) is 14.9 Å². The molecule has 11 nitrogen and oxygen atoms in total. The third-order valence-corrected chi connectivity index (χ3v) is 7.81. The Kier molecular flexibility index (Phi) is 7.00. The van der Waals surface area contributed by atoms with Crippen molar-refractivity contribution in [2.75, 3.05) is 56.7 Å². The standard InChI is InChI=1S/C22H26N4O7S/c1-32-20-7-5-17(15-21(20)34(30,31)25-10-12-33-13-11-25)23-22(27)16-4-6-18(19(14-16)26(28)29)24-8-2-3-9-24/h4-7,14-15H,2-3,8-13H2,1H3,(H,23,27). The molecule has 0 aliphatic carbocycles. The van der Waals surface area contributed by atoms with Crippen LogP contribution in [0.5, 0.6) is 5.75 Å². The van der Waals surface area contributed by atoms with Crippen molar-refractivity contribution in [2.24, 2.45) is 0 Å². The molecule has 2 aliphatic heterocycles. The Hall–Kier alpha value is -3.22. The number of nitro benzene ring substituents is 1. The lowest BCUT2D eigenvalue weighted by molar-refractivity contribution is -0.384. The highest BCUT2D eigenvalue weighted by Crippen LogP contribution is 2.33. The van der Waals surface area contributed by atoms with Gasteiger partial charge in [0.2, 0.25) is 10.0 Å². The topological polar surface area (TPSA) is 131 Å². The maximum absolute atomic E-state index is 13.2. The molecule has 0 saturated carbocycles. The van der Waals surface area contributed by atoms with E-state index in [4.69, 9.17) is 9.47 Å². The fourth-order valence-electron chi connectivity index (χ4n) is 4.12. The summed E-state index contributed by atoms with van der Waals surface area (Å²) in [6, 6.07) is 8.67. The summed E-state index contributed by atoms with van der Waals surface area (Å²) < 4.78 is 38.1. The molecule has 34 heavy (non-hydrogen) atoms. The molecule has 0 radical (unpaired) electrons. The van der Waals surface area contributed by atoms with Gasteiger partial charge < -0.3 is 19.7 Å². The van der Waals surface area contributed by atoms with E-state index in [1.807, 2.05) is 4.90 Å². The minimum Gasteiger partial charge on any atom is -0.495 e. The number of benzene rings is 2. The van der Waals surface area contributed by atoms with E-state index in [0.717, 1.165) is 25.9 Å². The normalized spacial score (nSPS) is 16.9. The predicted octanol–water partition coefficient (Wildman–Crippen LogP) is 2.48. The van der Waals surface area contributed by atoms with Crippen LogP contribution in [0.4, 0.5) is 17.1 Å². The molecule has 2 aromatic carbocycles. The van der Waals surface area contributed by atoms with Gasteiger partial charge in [-0.2, -0.15) is 4.31 Å². The van der Waals surface area contributed by atoms with Crippen LogP contribution in [0.25, 0.3) is 0 Å². The van der Waals surface area contributed by atoms with Crippen LogP contribution < -0.4 is 15.0 Å². The van der Waals surface area contributed by atoms with Crippen molar-refractivity contribution < 1.29 is 27.6 Å². The molecular formula is C22H26N4O7S. The summed E-state index contributed by atoms with van der Waals surface area (Å²) in [5.41, 5.74) is 0.675. The lowest BCUT2D eigenvalue weighted by Crippen LogP contribution is -2.40. The quantitative estimate of drug-likeness (QED) is 0.463. The summed E-state index contributed by atoms with van der Waals surface area (Å²) in [6.07, 6.45) is 1.93. The summed E-state index contributed by atoms with van der Waals surface area (Å²) in [5, 5.41) is 14.3. The molecular weight excluding hydrogens is 464 g/mol. The monoisotopic (exact) mass is 490 g/mol. The maximum Gasteiger partial charge on any atom is 0.293 e. The molecule has 12 heteroatoms. The van der Waals surface area contributed by atoms with Crippen LogP contribution in [0.15, 0.2) is 41.3 Å². The summed E-state index contributed by atoms with van der Waals surface area (Å²) in [7, 11) is -2.51. The zero-order chi connectivity index (χ0) is 24.3. The zero-order valence-corrected chi connectivity index (χ0v) is 19.5. The van der Waals surface area contributed by atoms with E-state index in [0.29, 0.717) is 18.9 Å². The number of rotatable bonds is 7. The maximum atomic E-state index is 13.2. The Morgan fingerprint density at radius 1 is 1.09 bits per heavy atom. The van der Waals surface area contributed by atoms with E-state index in [-0.39, 0.29) is 40.7 Å². The van der Waals surface area contributed by atoms with Crippen LogP contribution in [-0.4, -0.2) is 70.1 Å². The lowest BCUT2D eigenvalue weighted by atomic mass is 10.1. The fourth-order valence-corrected chi connectivity index (χ4v) is 5.71. The Labute approximate surface area is 197 Å². The number of nitrogens with one attached hydrogen (secondary N) is 1. The van der Waals surface area contributed by atoms with Crippen LogP contribution in [-0.2, 0) is 14.8 Å². The Bertz CT molecular complexity index is 1190. The van der Waals surface area contributed by atoms with Crippen LogP contribution in [0.2, 0.25) is 0 Å². The second kappa shape index (κ2) is 9.95. The summed E-state index contributed by atoms with van der Waals surface area (Å²) >= 11 is 0. The van der Waals surface area contributed by atoms with Crippen molar-refractivity contribution in [3.05, 3.63) is 52.1 Å². The highest BCUT2D eigenvalue weighted by molar-refractivity contribution is 7.89. The number of carbonyl (C=O) groups excluding carboxylic acids is 1. The van der Waals surface area contributed by atoms with Gasteiger partial charge in [0.15, 0.2) is 0 Å². The van der Waals surface area contributed by atoms with E-state index in [1.54, 1.807) is 6.07 Å². The number of methoxy groups -OCH3 is 1. The van der Waals surface area contributed by atoms with Crippen LogP contribution in [0, 0.1) is 10.1 Å². The number of ether oxygens (including phenoxy) is 2. The largest absolute Gasteiger partial charge is 0.495 e. The number of carbonyl (C=O) groups is 1. The van der Waals surface area contributed by atoms with Gasteiger partial charge in [0.25, 0.3) is 11.6 Å². The first-order valence-corrected chi connectivity index (χ1v) is 12.4. The van der Waals surface area contributed by atoms with Crippen molar-refractivity contribution in [3.63, 3.8) is 0 Å². The van der Waals surface area contributed by atoms with Gasteiger partial charge in [-0.25, -0.2) is 8.42 Å². The Balaban J connectivity index is 1.60. The van der Waals surface area contributed by atoms with Gasteiger partial charge >= 0.3 is 0 Å². The van der Waals surface area contributed by atoms with Crippen molar-refractivity contribution in [1.82, 2.24) is 4.31 Å². The van der Waals surface area contributed by atoms with Crippen LogP contribution in [0.1, 0.15) is 23.2 Å². The lowest BCUT2D eigenvalue weighted by Gasteiger charge is -2.26. The minimum absolute atomic E-state index is 0.0786. The predicted molar refractivity (Wildman–Crippen MR) is 125 cm³/mol. The first kappa shape index (κ1) is 23.9. The molecule has 0 spiro atoms. The average molecular weight is 491 g/mol. The summed E-state index contributed by atoms with van der Waals surface area (Å²) in [5.74, 6) is -0.439. The van der Waals surface area contributed by atoms with Crippen LogP contribution in [0.3, 0.4) is 0 Å². The number of sulfonamides is 1. The number of anilines is 2. The van der Waals surface area contributed by atoms with E-state index in [2.05, 4.69) is 5.32 Å². The minimum atomic E-state index is -3.88. The van der Waals surface area contributed by atoms with Crippen LogP contribution >= 0.6 is 0 Å². The molecule has 0 unspecified atom stereocenters. The molecule has 2 aromatic rings. The fraction of sp³-hybridized carbons (Fsp3) is 0.409. The number of nitro groups is 1. The molecule has 1 N–H and O–H groups in total. The first-order chi connectivity index (χ1) is 16.3. The SMILES string of the molecule is COc1ccc(NC(=O)c2ccc(N3CCCC3)c([N+](=O)[O-])c2)cc1S(=O)(=O)N1CCOCC1. The molecule has 0 aromatic heterocycles. The van der Waals surface area contributed by atoms with Crippen molar-refractivity contribution in [2.45, 2.75) is 17.7 Å². The molecule has 182 valence electrons. The van der Waals surface area contributed by atoms with E-state index in [1.165, 1.54) is 41.7 Å². The first-order valence-electron chi connectivity index (χ1n) is 10.9. The molecule has 0 bridgehead atoms. The zero-order valence-electron chi connectivity index (χ0n) is 18.7. The van der Waals surface area contributed by atoms with E-state index in [9.17, 15) is 23.3 Å². The second-order valence-corrected chi connectivity index (χ2v) is 9.90.